The van der Waals surface area contributed by atoms with Gasteiger partial charge in [-0.05, 0) is 11.6 Å². The second-order valence-corrected chi connectivity index (χ2v) is 5.96. The van der Waals surface area contributed by atoms with Crippen LogP contribution in [0, 0.1) is 0 Å². The molecule has 0 atom stereocenters. The van der Waals surface area contributed by atoms with Crippen LogP contribution in [0.2, 0.25) is 0 Å². The van der Waals surface area contributed by atoms with E-state index in [4.69, 9.17) is 5.11 Å². The largest absolute Gasteiger partial charge is 0.507 e. The second kappa shape index (κ2) is 7.18. The van der Waals surface area contributed by atoms with Crippen molar-refractivity contribution in [2.45, 2.75) is 10.8 Å². The Morgan fingerprint density at radius 2 is 2.20 bits per heavy atom. The zero-order valence-electron chi connectivity index (χ0n) is 12.8. The highest BCUT2D eigenvalue weighted by molar-refractivity contribution is 7.98. The maximum absolute atomic E-state index is 12.1. The molecular formula is C15H13N5O4S. The Labute approximate surface area is 145 Å². The summed E-state index contributed by atoms with van der Waals surface area (Å²) in [6.45, 7) is -0.559. The standard InChI is InChI=1S/C15H13N5O4S/c21-10-4-11(25-7-9-2-1-3-16-5-9)20-14(18-8-19-20)13(10)15(24)17-6-12(22)23/h1-5,8,21H,6-7H2,(H,17,24)(H,22,23). The molecule has 0 saturated heterocycles. The number of hydrogen-bond acceptors (Lipinski definition) is 7. The van der Waals surface area contributed by atoms with Crippen molar-refractivity contribution in [1.82, 2.24) is 24.9 Å². The van der Waals surface area contributed by atoms with E-state index < -0.39 is 18.4 Å². The average Bonchev–Trinajstić information content (AvgIpc) is 3.08. The van der Waals surface area contributed by atoms with Crippen LogP contribution in [0.15, 0.2) is 41.9 Å². The van der Waals surface area contributed by atoms with Crippen molar-refractivity contribution in [3.63, 3.8) is 0 Å². The zero-order chi connectivity index (χ0) is 17.8. The molecule has 3 N–H and O–H groups in total. The van der Waals surface area contributed by atoms with Gasteiger partial charge in [0, 0.05) is 24.2 Å². The fraction of sp³-hybridized carbons (Fsp3) is 0.133. The molecule has 128 valence electrons. The Kier molecular flexibility index (Phi) is 4.80. The number of nitrogens with one attached hydrogen (secondary N) is 1. The van der Waals surface area contributed by atoms with Gasteiger partial charge >= 0.3 is 5.97 Å². The predicted molar refractivity (Wildman–Crippen MR) is 88.4 cm³/mol. The van der Waals surface area contributed by atoms with Crippen molar-refractivity contribution in [2.24, 2.45) is 0 Å². The minimum atomic E-state index is -1.19. The van der Waals surface area contributed by atoms with Crippen LogP contribution in [0.3, 0.4) is 0 Å². The van der Waals surface area contributed by atoms with Gasteiger partial charge in [0.15, 0.2) is 5.65 Å². The number of nitrogens with zero attached hydrogens (tertiary/aromatic N) is 4. The lowest BCUT2D eigenvalue weighted by Crippen LogP contribution is -2.29. The minimum absolute atomic E-state index is 0.121. The molecule has 3 heterocycles. The molecule has 0 spiro atoms. The lowest BCUT2D eigenvalue weighted by Gasteiger charge is -2.10. The molecule has 3 rings (SSSR count). The van der Waals surface area contributed by atoms with E-state index >= 15 is 0 Å². The summed E-state index contributed by atoms with van der Waals surface area (Å²) in [4.78, 5) is 30.8. The molecule has 0 aliphatic heterocycles. The van der Waals surface area contributed by atoms with Crippen LogP contribution < -0.4 is 5.32 Å². The van der Waals surface area contributed by atoms with Gasteiger partial charge in [-0.1, -0.05) is 6.07 Å². The van der Waals surface area contributed by atoms with E-state index in [2.05, 4.69) is 20.4 Å². The molecule has 25 heavy (non-hydrogen) atoms. The Bertz CT molecular complexity index is 928. The highest BCUT2D eigenvalue weighted by atomic mass is 32.2. The van der Waals surface area contributed by atoms with Gasteiger partial charge in [-0.25, -0.2) is 9.50 Å². The van der Waals surface area contributed by atoms with Crippen molar-refractivity contribution in [1.29, 1.82) is 0 Å². The quantitative estimate of drug-likeness (QED) is 0.554. The molecule has 0 saturated carbocycles. The lowest BCUT2D eigenvalue weighted by molar-refractivity contribution is -0.135. The van der Waals surface area contributed by atoms with Crippen molar-refractivity contribution in [3.8, 4) is 5.75 Å². The molecule has 3 aromatic rings. The van der Waals surface area contributed by atoms with E-state index in [1.54, 1.807) is 12.4 Å². The summed E-state index contributed by atoms with van der Waals surface area (Å²) in [6.07, 6.45) is 4.68. The molecule has 1 amide bonds. The molecule has 0 unspecified atom stereocenters. The molecule has 0 aliphatic carbocycles. The van der Waals surface area contributed by atoms with Gasteiger partial charge in [0.2, 0.25) is 0 Å². The van der Waals surface area contributed by atoms with Crippen molar-refractivity contribution >= 4 is 29.3 Å². The van der Waals surface area contributed by atoms with Crippen LogP contribution in [0.5, 0.6) is 5.75 Å². The molecule has 0 aliphatic rings. The van der Waals surface area contributed by atoms with Crippen molar-refractivity contribution < 1.29 is 19.8 Å². The van der Waals surface area contributed by atoms with Gasteiger partial charge in [0.05, 0.1) is 0 Å². The topological polar surface area (TPSA) is 130 Å². The Hall–Kier alpha value is -3.14. The highest BCUT2D eigenvalue weighted by Crippen LogP contribution is 2.30. The van der Waals surface area contributed by atoms with Crippen LogP contribution in [0.4, 0.5) is 0 Å². The van der Waals surface area contributed by atoms with E-state index in [1.807, 2.05) is 12.1 Å². The summed E-state index contributed by atoms with van der Waals surface area (Å²) in [6, 6.07) is 5.15. The molecular weight excluding hydrogens is 346 g/mol. The van der Waals surface area contributed by atoms with E-state index in [1.165, 1.54) is 28.7 Å². The van der Waals surface area contributed by atoms with Gasteiger partial charge in [0.1, 0.15) is 29.2 Å². The number of rotatable bonds is 6. The summed E-state index contributed by atoms with van der Waals surface area (Å²) in [7, 11) is 0. The Morgan fingerprint density at radius 1 is 1.36 bits per heavy atom. The highest BCUT2D eigenvalue weighted by Gasteiger charge is 2.21. The number of aromatic nitrogens is 4. The van der Waals surface area contributed by atoms with Gasteiger partial charge < -0.3 is 15.5 Å². The SMILES string of the molecule is O=C(O)CNC(=O)c1c(O)cc(SCc2cccnc2)n2ncnc12. The second-order valence-electron chi connectivity index (χ2n) is 4.96. The van der Waals surface area contributed by atoms with Gasteiger partial charge in [-0.15, -0.1) is 11.8 Å². The van der Waals surface area contributed by atoms with Gasteiger partial charge in [-0.2, -0.15) is 5.10 Å². The lowest BCUT2D eigenvalue weighted by atomic mass is 10.2. The third-order valence-corrected chi connectivity index (χ3v) is 4.30. The molecule has 0 fully saturated rings. The van der Waals surface area contributed by atoms with Crippen molar-refractivity contribution in [2.75, 3.05) is 6.54 Å². The number of amides is 1. The number of thioether (sulfide) groups is 1. The number of carboxylic acids is 1. The summed E-state index contributed by atoms with van der Waals surface area (Å²) in [5, 5.41) is 25.7. The van der Waals surface area contributed by atoms with E-state index in [0.29, 0.717) is 10.8 Å². The maximum Gasteiger partial charge on any atom is 0.322 e. The van der Waals surface area contributed by atoms with E-state index in [9.17, 15) is 14.7 Å². The Morgan fingerprint density at radius 3 is 2.92 bits per heavy atom. The number of carbonyl (C=O) groups is 2. The smallest absolute Gasteiger partial charge is 0.322 e. The number of pyridine rings is 2. The third kappa shape index (κ3) is 3.69. The van der Waals surface area contributed by atoms with Crippen LogP contribution >= 0.6 is 11.8 Å². The van der Waals surface area contributed by atoms with E-state index in [0.717, 1.165) is 5.56 Å². The summed E-state index contributed by atoms with van der Waals surface area (Å²) >= 11 is 1.40. The molecule has 9 nitrogen and oxygen atoms in total. The van der Waals surface area contributed by atoms with Crippen LogP contribution in [-0.2, 0) is 10.5 Å². The van der Waals surface area contributed by atoms with Gasteiger partial charge in [-0.3, -0.25) is 14.6 Å². The Balaban J connectivity index is 1.90. The van der Waals surface area contributed by atoms with E-state index in [-0.39, 0.29) is 17.0 Å². The molecule has 3 aromatic heterocycles. The minimum Gasteiger partial charge on any atom is -0.507 e. The molecule has 0 radical (unpaired) electrons. The predicted octanol–water partition coefficient (Wildman–Crippen LogP) is 0.937. The van der Waals surface area contributed by atoms with Gasteiger partial charge in [0.25, 0.3) is 5.91 Å². The number of carboxylic acid groups (broad SMARTS) is 1. The first kappa shape index (κ1) is 16.7. The maximum atomic E-state index is 12.1. The zero-order valence-corrected chi connectivity index (χ0v) is 13.6. The number of carbonyl (C=O) groups excluding carboxylic acids is 1. The summed E-state index contributed by atoms with van der Waals surface area (Å²) < 4.78 is 1.43. The average molecular weight is 359 g/mol. The fourth-order valence-corrected chi connectivity index (χ4v) is 3.08. The summed E-state index contributed by atoms with van der Waals surface area (Å²) in [5.74, 6) is -1.62. The third-order valence-electron chi connectivity index (χ3n) is 3.23. The number of hydrogen-bond donors (Lipinski definition) is 3. The number of aliphatic carboxylic acids is 1. The monoisotopic (exact) mass is 359 g/mol. The first-order valence-electron chi connectivity index (χ1n) is 7.13. The molecule has 10 heteroatoms. The first-order valence-corrected chi connectivity index (χ1v) is 8.12. The first-order chi connectivity index (χ1) is 12.1. The van der Waals surface area contributed by atoms with Crippen LogP contribution in [0.1, 0.15) is 15.9 Å². The number of aromatic hydroxyl groups is 1. The normalized spacial score (nSPS) is 10.7. The number of fused-ring (bicyclic) bond motifs is 1. The van der Waals surface area contributed by atoms with Crippen LogP contribution in [0.25, 0.3) is 5.65 Å². The van der Waals surface area contributed by atoms with Crippen molar-refractivity contribution in [3.05, 3.63) is 48.0 Å². The summed E-state index contributed by atoms with van der Waals surface area (Å²) in [5.41, 5.74) is 1.02. The molecule has 0 bridgehead atoms. The van der Waals surface area contributed by atoms with Crippen LogP contribution in [-0.4, -0.2) is 48.2 Å². The fourth-order valence-electron chi connectivity index (χ4n) is 2.14. The molecule has 0 aromatic carbocycles.